The molecule has 2 amide bonds. The van der Waals surface area contributed by atoms with Crippen molar-refractivity contribution in [1.82, 2.24) is 10.2 Å². The van der Waals surface area contributed by atoms with Crippen molar-refractivity contribution >= 4 is 17.5 Å². The summed E-state index contributed by atoms with van der Waals surface area (Å²) >= 11 is 0. The predicted octanol–water partition coefficient (Wildman–Crippen LogP) is 3.50. The van der Waals surface area contributed by atoms with Crippen molar-refractivity contribution in [2.75, 3.05) is 31.1 Å². The number of nitrogens with one attached hydrogen (secondary N) is 1. The van der Waals surface area contributed by atoms with Gasteiger partial charge >= 0.3 is 0 Å². The van der Waals surface area contributed by atoms with E-state index in [1.54, 1.807) is 11.8 Å². The van der Waals surface area contributed by atoms with Gasteiger partial charge in [-0.25, -0.2) is 0 Å². The number of rotatable bonds is 6. The van der Waals surface area contributed by atoms with Crippen LogP contribution in [0.1, 0.15) is 64.7 Å². The van der Waals surface area contributed by atoms with Gasteiger partial charge in [-0.05, 0) is 57.8 Å². The van der Waals surface area contributed by atoms with E-state index in [4.69, 9.17) is 4.74 Å². The fraction of sp³-hybridized carbons (Fsp3) is 0.667. The molecular weight excluding hydrogens is 378 g/mol. The van der Waals surface area contributed by atoms with E-state index >= 15 is 0 Å². The van der Waals surface area contributed by atoms with Crippen LogP contribution in [0.3, 0.4) is 0 Å². The minimum Gasteiger partial charge on any atom is -0.479 e. The molecule has 1 unspecified atom stereocenters. The van der Waals surface area contributed by atoms with Gasteiger partial charge in [0.1, 0.15) is 5.75 Å². The Hall–Kier alpha value is -2.08. The largest absolute Gasteiger partial charge is 0.479 e. The lowest BCUT2D eigenvalue weighted by atomic mass is 9.79. The minimum absolute atomic E-state index is 0.0291. The van der Waals surface area contributed by atoms with E-state index in [0.29, 0.717) is 18.7 Å². The standard InChI is InChI=1S/C24H35N3O3/c1-19-23(29)27(20-10-4-5-11-21(20)30-19)17-12-22(28)25-18-24(13-6-2-7-14-24)26-15-8-3-9-16-26/h4-5,10-11,19H,2-3,6-9,12-18H2,1H3,(H,25,28). The van der Waals surface area contributed by atoms with Crippen LogP contribution in [0.15, 0.2) is 24.3 Å². The van der Waals surface area contributed by atoms with Crippen molar-refractivity contribution in [3.8, 4) is 5.75 Å². The fourth-order valence-electron chi connectivity index (χ4n) is 5.34. The van der Waals surface area contributed by atoms with E-state index in [1.807, 2.05) is 24.3 Å². The Labute approximate surface area is 179 Å². The number of nitrogens with zero attached hydrogens (tertiary/aromatic N) is 2. The lowest BCUT2D eigenvalue weighted by molar-refractivity contribution is -0.125. The summed E-state index contributed by atoms with van der Waals surface area (Å²) in [6.45, 7) is 5.19. The Kier molecular flexibility index (Phi) is 6.61. The first-order valence-corrected chi connectivity index (χ1v) is 11.7. The highest BCUT2D eigenvalue weighted by molar-refractivity contribution is 6.00. The number of anilines is 1. The molecule has 4 rings (SSSR count). The molecule has 1 saturated heterocycles. The van der Waals surface area contributed by atoms with Gasteiger partial charge in [0, 0.05) is 25.0 Å². The second-order valence-electron chi connectivity index (χ2n) is 9.08. The van der Waals surface area contributed by atoms with Crippen LogP contribution in [0.5, 0.6) is 5.75 Å². The molecule has 30 heavy (non-hydrogen) atoms. The molecule has 0 spiro atoms. The van der Waals surface area contributed by atoms with Crippen molar-refractivity contribution in [1.29, 1.82) is 0 Å². The Morgan fingerprint density at radius 1 is 1.10 bits per heavy atom. The number of carbonyl (C=O) groups is 2. The summed E-state index contributed by atoms with van der Waals surface area (Å²) in [6, 6.07) is 7.54. The Morgan fingerprint density at radius 2 is 1.80 bits per heavy atom. The number of benzene rings is 1. The molecule has 2 fully saturated rings. The molecule has 2 heterocycles. The lowest BCUT2D eigenvalue weighted by Gasteiger charge is -2.48. The monoisotopic (exact) mass is 413 g/mol. The molecular formula is C24H35N3O3. The summed E-state index contributed by atoms with van der Waals surface area (Å²) in [4.78, 5) is 29.7. The highest BCUT2D eigenvalue weighted by Gasteiger charge is 2.38. The maximum Gasteiger partial charge on any atom is 0.267 e. The Balaban J connectivity index is 1.35. The number of likely N-dealkylation sites (tertiary alicyclic amines) is 1. The summed E-state index contributed by atoms with van der Waals surface area (Å²) in [5.74, 6) is 0.649. The third-order valence-corrected chi connectivity index (χ3v) is 7.06. The number of ether oxygens (including phenoxy) is 1. The molecule has 2 aliphatic heterocycles. The van der Waals surface area contributed by atoms with Crippen molar-refractivity contribution in [2.45, 2.75) is 76.4 Å². The first kappa shape index (κ1) is 21.2. The molecule has 6 heteroatoms. The van der Waals surface area contributed by atoms with Gasteiger partial charge in [-0.2, -0.15) is 0 Å². The SMILES string of the molecule is CC1Oc2ccccc2N(CCC(=O)NCC2(N3CCCCC3)CCCCC2)C1=O. The summed E-state index contributed by atoms with van der Waals surface area (Å²) in [5.41, 5.74) is 0.884. The van der Waals surface area contributed by atoms with Gasteiger partial charge in [-0.15, -0.1) is 0 Å². The number of amides is 2. The predicted molar refractivity (Wildman–Crippen MR) is 118 cm³/mol. The molecule has 1 saturated carbocycles. The fourth-order valence-corrected chi connectivity index (χ4v) is 5.34. The van der Waals surface area contributed by atoms with E-state index in [0.717, 1.165) is 25.3 Å². The molecule has 6 nitrogen and oxygen atoms in total. The molecule has 1 aliphatic carbocycles. The van der Waals surface area contributed by atoms with Crippen LogP contribution in [0.25, 0.3) is 0 Å². The Bertz CT molecular complexity index is 754. The third kappa shape index (κ3) is 4.48. The van der Waals surface area contributed by atoms with Gasteiger partial charge in [-0.1, -0.05) is 37.8 Å². The first-order valence-electron chi connectivity index (χ1n) is 11.7. The highest BCUT2D eigenvalue weighted by atomic mass is 16.5. The molecule has 1 aromatic rings. The van der Waals surface area contributed by atoms with Crippen LogP contribution >= 0.6 is 0 Å². The molecule has 164 valence electrons. The molecule has 1 atom stereocenters. The minimum atomic E-state index is -0.521. The van der Waals surface area contributed by atoms with Crippen molar-refractivity contribution in [3.63, 3.8) is 0 Å². The number of piperidine rings is 1. The summed E-state index contributed by atoms with van der Waals surface area (Å²) < 4.78 is 5.69. The van der Waals surface area contributed by atoms with Crippen LogP contribution in [0.2, 0.25) is 0 Å². The van der Waals surface area contributed by atoms with Gasteiger partial charge in [0.15, 0.2) is 6.10 Å². The van der Waals surface area contributed by atoms with Crippen LogP contribution < -0.4 is 15.0 Å². The molecule has 0 radical (unpaired) electrons. The second-order valence-corrected chi connectivity index (χ2v) is 9.08. The smallest absolute Gasteiger partial charge is 0.267 e. The Morgan fingerprint density at radius 3 is 2.57 bits per heavy atom. The average Bonchev–Trinajstić information content (AvgIpc) is 2.79. The lowest BCUT2D eigenvalue weighted by Crippen LogP contribution is -2.58. The van der Waals surface area contributed by atoms with E-state index < -0.39 is 6.10 Å². The van der Waals surface area contributed by atoms with Crippen molar-refractivity contribution < 1.29 is 14.3 Å². The van der Waals surface area contributed by atoms with Crippen LogP contribution in [-0.4, -0.2) is 54.5 Å². The number of carbonyl (C=O) groups excluding carboxylic acids is 2. The second kappa shape index (κ2) is 9.38. The maximum atomic E-state index is 12.8. The van der Waals surface area contributed by atoms with Gasteiger partial charge in [0.25, 0.3) is 5.91 Å². The normalized spacial score (nSPS) is 24.1. The van der Waals surface area contributed by atoms with E-state index in [1.165, 1.54) is 51.4 Å². The van der Waals surface area contributed by atoms with Crippen molar-refractivity contribution in [3.05, 3.63) is 24.3 Å². The number of para-hydroxylation sites is 2. The summed E-state index contributed by atoms with van der Waals surface area (Å²) in [6.07, 6.45) is 9.83. The maximum absolute atomic E-state index is 12.8. The zero-order valence-corrected chi connectivity index (χ0v) is 18.2. The first-order chi connectivity index (χ1) is 14.6. The molecule has 1 aromatic carbocycles. The highest BCUT2D eigenvalue weighted by Crippen LogP contribution is 2.36. The average molecular weight is 414 g/mol. The molecule has 3 aliphatic rings. The van der Waals surface area contributed by atoms with Gasteiger partial charge in [-0.3, -0.25) is 14.5 Å². The van der Waals surface area contributed by atoms with Crippen molar-refractivity contribution in [2.24, 2.45) is 0 Å². The molecule has 0 aromatic heterocycles. The van der Waals surface area contributed by atoms with Gasteiger partial charge in [0.2, 0.25) is 5.91 Å². The number of hydrogen-bond donors (Lipinski definition) is 1. The third-order valence-electron chi connectivity index (χ3n) is 7.06. The number of hydrogen-bond acceptors (Lipinski definition) is 4. The zero-order valence-electron chi connectivity index (χ0n) is 18.2. The van der Waals surface area contributed by atoms with E-state index in [9.17, 15) is 9.59 Å². The van der Waals surface area contributed by atoms with E-state index in [2.05, 4.69) is 10.2 Å². The quantitative estimate of drug-likeness (QED) is 0.775. The number of fused-ring (bicyclic) bond motifs is 1. The molecule has 1 N–H and O–H groups in total. The van der Waals surface area contributed by atoms with Crippen LogP contribution in [-0.2, 0) is 9.59 Å². The molecule has 0 bridgehead atoms. The van der Waals surface area contributed by atoms with Gasteiger partial charge < -0.3 is 15.0 Å². The van der Waals surface area contributed by atoms with Crippen LogP contribution in [0, 0.1) is 0 Å². The topological polar surface area (TPSA) is 61.9 Å². The zero-order chi connectivity index (χ0) is 21.0. The van der Waals surface area contributed by atoms with Gasteiger partial charge in [0.05, 0.1) is 5.69 Å². The summed E-state index contributed by atoms with van der Waals surface area (Å²) in [7, 11) is 0. The van der Waals surface area contributed by atoms with E-state index in [-0.39, 0.29) is 17.4 Å². The summed E-state index contributed by atoms with van der Waals surface area (Å²) in [5, 5.41) is 3.23. The van der Waals surface area contributed by atoms with Crippen LogP contribution in [0.4, 0.5) is 5.69 Å².